The van der Waals surface area contributed by atoms with Gasteiger partial charge in [-0.3, -0.25) is 4.79 Å². The number of rotatable bonds is 9. The molecule has 0 saturated heterocycles. The molecule has 0 radical (unpaired) electrons. The maximum Gasteiger partial charge on any atom is 0.418 e. The molecule has 12 heteroatoms. The van der Waals surface area contributed by atoms with Crippen molar-refractivity contribution in [2.75, 3.05) is 25.5 Å². The highest BCUT2D eigenvalue weighted by Gasteiger charge is 2.35. The van der Waals surface area contributed by atoms with Gasteiger partial charge in [0.2, 0.25) is 15.9 Å². The molecular weight excluding hydrogens is 540 g/mol. The first-order valence-electron chi connectivity index (χ1n) is 10.5. The van der Waals surface area contributed by atoms with E-state index in [0.29, 0.717) is 6.07 Å². The van der Waals surface area contributed by atoms with Gasteiger partial charge in [0.1, 0.15) is 5.75 Å². The van der Waals surface area contributed by atoms with Gasteiger partial charge in [0.15, 0.2) is 0 Å². The van der Waals surface area contributed by atoms with Crippen molar-refractivity contribution < 1.29 is 31.1 Å². The van der Waals surface area contributed by atoms with Crippen LogP contribution in [0.15, 0.2) is 71.6 Å². The number of ether oxygens (including phenoxy) is 1. The number of halogens is 5. The molecule has 0 unspecified atom stereocenters. The topological polar surface area (TPSA) is 75.7 Å². The Morgan fingerprint density at radius 1 is 1.03 bits per heavy atom. The molecule has 3 aromatic carbocycles. The van der Waals surface area contributed by atoms with Crippen LogP contribution in [0.3, 0.4) is 0 Å². The van der Waals surface area contributed by atoms with Crippen LogP contribution in [0.2, 0.25) is 10.0 Å². The molecule has 0 heterocycles. The summed E-state index contributed by atoms with van der Waals surface area (Å²) in [5.74, 6) is -0.703. The van der Waals surface area contributed by atoms with E-state index in [0.717, 1.165) is 15.9 Å². The van der Waals surface area contributed by atoms with Crippen LogP contribution < -0.4 is 10.1 Å². The van der Waals surface area contributed by atoms with Gasteiger partial charge in [0.25, 0.3) is 0 Å². The van der Waals surface area contributed by atoms with E-state index in [4.69, 9.17) is 27.9 Å². The highest BCUT2D eigenvalue weighted by atomic mass is 35.5. The number of anilines is 1. The van der Waals surface area contributed by atoms with Crippen molar-refractivity contribution in [3.63, 3.8) is 0 Å². The molecule has 0 spiro atoms. The van der Waals surface area contributed by atoms with Crippen LogP contribution in [-0.4, -0.2) is 38.8 Å². The summed E-state index contributed by atoms with van der Waals surface area (Å²) in [5, 5.41) is 2.04. The molecule has 0 aliphatic heterocycles. The highest BCUT2D eigenvalue weighted by Crippen LogP contribution is 2.36. The minimum Gasteiger partial charge on any atom is -0.495 e. The van der Waals surface area contributed by atoms with E-state index in [1.807, 2.05) is 0 Å². The Morgan fingerprint density at radius 2 is 1.72 bits per heavy atom. The van der Waals surface area contributed by atoms with E-state index in [1.165, 1.54) is 31.4 Å². The standard InChI is InChI=1S/C24H21Cl2F3N2O4S/c1-35-22-10-8-18(14-20(22)26)36(33,34)31(12-11-16-5-3-2-4-6-16)15-23(32)30-21-9-7-17(25)13-19(21)24(27,28)29/h2-10,13-14H,11-12,15H2,1H3,(H,30,32). The van der Waals surface area contributed by atoms with Crippen LogP contribution >= 0.6 is 23.2 Å². The number of hydrogen-bond acceptors (Lipinski definition) is 4. The zero-order chi connectivity index (χ0) is 26.5. The van der Waals surface area contributed by atoms with Crippen LogP contribution in [0.4, 0.5) is 18.9 Å². The minimum absolute atomic E-state index is 0.0435. The third-order valence-electron chi connectivity index (χ3n) is 5.13. The van der Waals surface area contributed by atoms with Crippen molar-refractivity contribution >= 4 is 44.8 Å². The summed E-state index contributed by atoms with van der Waals surface area (Å²) < 4.78 is 73.0. The van der Waals surface area contributed by atoms with Gasteiger partial charge in [-0.2, -0.15) is 17.5 Å². The van der Waals surface area contributed by atoms with Gasteiger partial charge in [0.05, 0.1) is 34.8 Å². The lowest BCUT2D eigenvalue weighted by Gasteiger charge is -2.23. The normalized spacial score (nSPS) is 12.0. The molecule has 0 bridgehead atoms. The molecule has 3 aromatic rings. The number of alkyl halides is 3. The van der Waals surface area contributed by atoms with Crippen LogP contribution in [0, 0.1) is 0 Å². The van der Waals surface area contributed by atoms with Gasteiger partial charge in [-0.05, 0) is 48.4 Å². The molecule has 6 nitrogen and oxygen atoms in total. The fourth-order valence-corrected chi connectivity index (χ4v) is 5.27. The van der Waals surface area contributed by atoms with E-state index < -0.39 is 39.9 Å². The predicted octanol–water partition coefficient (Wildman–Crippen LogP) is 5.89. The Labute approximate surface area is 216 Å². The van der Waals surface area contributed by atoms with Crippen LogP contribution in [-0.2, 0) is 27.4 Å². The number of methoxy groups -OCH3 is 1. The predicted molar refractivity (Wildman–Crippen MR) is 132 cm³/mol. The number of benzene rings is 3. The number of nitrogens with zero attached hydrogens (tertiary/aromatic N) is 1. The van der Waals surface area contributed by atoms with E-state index in [-0.39, 0.29) is 33.7 Å². The number of amides is 1. The zero-order valence-corrected chi connectivity index (χ0v) is 21.2. The number of sulfonamides is 1. The van der Waals surface area contributed by atoms with Crippen LogP contribution in [0.5, 0.6) is 5.75 Å². The van der Waals surface area contributed by atoms with Crippen molar-refractivity contribution in [3.05, 3.63) is 87.9 Å². The Hall–Kier alpha value is -2.79. The number of carbonyl (C=O) groups excluding carboxylic acids is 1. The van der Waals surface area contributed by atoms with Crippen LogP contribution in [0.25, 0.3) is 0 Å². The molecule has 0 fully saturated rings. The smallest absolute Gasteiger partial charge is 0.418 e. The molecular formula is C24H21Cl2F3N2O4S. The lowest BCUT2D eigenvalue weighted by atomic mass is 10.1. The van der Waals surface area contributed by atoms with E-state index in [9.17, 15) is 26.4 Å². The molecule has 3 rings (SSSR count). The molecule has 0 atom stereocenters. The second kappa shape index (κ2) is 11.5. The van der Waals surface area contributed by atoms with Crippen molar-refractivity contribution in [2.45, 2.75) is 17.5 Å². The Balaban J connectivity index is 1.90. The third kappa shape index (κ3) is 6.91. The molecule has 192 valence electrons. The second-order valence-electron chi connectivity index (χ2n) is 7.61. The molecule has 0 aliphatic carbocycles. The van der Waals surface area contributed by atoms with Gasteiger partial charge in [0, 0.05) is 11.6 Å². The molecule has 0 saturated carbocycles. The van der Waals surface area contributed by atoms with E-state index in [1.54, 1.807) is 30.3 Å². The first-order valence-corrected chi connectivity index (χ1v) is 12.7. The van der Waals surface area contributed by atoms with E-state index >= 15 is 0 Å². The number of nitrogens with one attached hydrogen (secondary N) is 1. The Kier molecular flexibility index (Phi) is 8.89. The molecule has 1 N–H and O–H groups in total. The quantitative estimate of drug-likeness (QED) is 0.354. The summed E-state index contributed by atoms with van der Waals surface area (Å²) in [6.45, 7) is -0.852. The Bertz CT molecular complexity index is 1340. The number of hydrogen-bond donors (Lipinski definition) is 1. The van der Waals surface area contributed by atoms with Gasteiger partial charge in [-0.1, -0.05) is 53.5 Å². The third-order valence-corrected chi connectivity index (χ3v) is 7.51. The molecule has 36 heavy (non-hydrogen) atoms. The fraction of sp³-hybridized carbons (Fsp3) is 0.208. The van der Waals surface area contributed by atoms with Gasteiger partial charge in [-0.25, -0.2) is 8.42 Å². The number of carbonyl (C=O) groups is 1. The lowest BCUT2D eigenvalue weighted by molar-refractivity contribution is -0.137. The van der Waals surface area contributed by atoms with Crippen molar-refractivity contribution in [3.8, 4) is 5.75 Å². The maximum absolute atomic E-state index is 13.4. The largest absolute Gasteiger partial charge is 0.495 e. The van der Waals surface area contributed by atoms with Crippen molar-refractivity contribution in [1.82, 2.24) is 4.31 Å². The highest BCUT2D eigenvalue weighted by molar-refractivity contribution is 7.89. The minimum atomic E-state index is -4.79. The monoisotopic (exact) mass is 560 g/mol. The van der Waals surface area contributed by atoms with Crippen molar-refractivity contribution in [2.24, 2.45) is 0 Å². The lowest BCUT2D eigenvalue weighted by Crippen LogP contribution is -2.39. The zero-order valence-electron chi connectivity index (χ0n) is 18.9. The summed E-state index contributed by atoms with van der Waals surface area (Å²) in [4.78, 5) is 12.6. The van der Waals surface area contributed by atoms with Gasteiger partial charge >= 0.3 is 6.18 Å². The molecule has 0 aromatic heterocycles. The van der Waals surface area contributed by atoms with E-state index in [2.05, 4.69) is 5.32 Å². The summed E-state index contributed by atoms with van der Waals surface area (Å²) in [7, 11) is -2.89. The van der Waals surface area contributed by atoms with Crippen LogP contribution in [0.1, 0.15) is 11.1 Å². The molecule has 1 amide bonds. The summed E-state index contributed by atoms with van der Waals surface area (Å²) in [6, 6.07) is 15.6. The average Bonchev–Trinajstić information content (AvgIpc) is 2.82. The SMILES string of the molecule is COc1ccc(S(=O)(=O)N(CCc2ccccc2)CC(=O)Nc2ccc(Cl)cc2C(F)(F)F)cc1Cl. The second-order valence-corrected chi connectivity index (χ2v) is 10.4. The van der Waals surface area contributed by atoms with Crippen molar-refractivity contribution in [1.29, 1.82) is 0 Å². The maximum atomic E-state index is 13.4. The molecule has 0 aliphatic rings. The fourth-order valence-electron chi connectivity index (χ4n) is 3.35. The summed E-state index contributed by atoms with van der Waals surface area (Å²) >= 11 is 11.8. The Morgan fingerprint density at radius 3 is 2.33 bits per heavy atom. The first kappa shape index (κ1) is 27.8. The average molecular weight is 561 g/mol. The summed E-state index contributed by atoms with van der Waals surface area (Å²) in [5.41, 5.74) is -0.878. The summed E-state index contributed by atoms with van der Waals surface area (Å²) in [6.07, 6.45) is -4.53. The van der Waals surface area contributed by atoms with Gasteiger partial charge < -0.3 is 10.1 Å². The first-order chi connectivity index (χ1) is 16.9. The van der Waals surface area contributed by atoms with Gasteiger partial charge in [-0.15, -0.1) is 0 Å².